The van der Waals surface area contributed by atoms with Crippen molar-refractivity contribution in [3.63, 3.8) is 0 Å². The monoisotopic (exact) mass is 443 g/mol. The van der Waals surface area contributed by atoms with Gasteiger partial charge in [-0.2, -0.15) is 0 Å². The molecule has 1 aromatic heterocycles. The fourth-order valence-corrected chi connectivity index (χ4v) is 5.33. The molecule has 0 aliphatic heterocycles. The van der Waals surface area contributed by atoms with Gasteiger partial charge in [-0.25, -0.2) is 4.79 Å². The predicted molar refractivity (Wildman–Crippen MR) is 125 cm³/mol. The molecule has 1 aliphatic rings. The molecule has 168 valence electrons. The molecule has 0 saturated heterocycles. The van der Waals surface area contributed by atoms with Crippen LogP contribution in [-0.2, 0) is 22.4 Å². The minimum absolute atomic E-state index is 0.111. The number of carbonyl (C=O) groups is 2. The fourth-order valence-electron chi connectivity index (χ4n) is 4.00. The van der Waals surface area contributed by atoms with Gasteiger partial charge in [-0.3, -0.25) is 4.79 Å². The lowest BCUT2D eigenvalue weighted by atomic mass is 9.72. The van der Waals surface area contributed by atoms with Crippen molar-refractivity contribution in [2.45, 2.75) is 60.8 Å². The van der Waals surface area contributed by atoms with Crippen molar-refractivity contribution < 1.29 is 19.1 Å². The summed E-state index contributed by atoms with van der Waals surface area (Å²) in [6, 6.07) is 5.90. The Morgan fingerprint density at radius 2 is 1.97 bits per heavy atom. The van der Waals surface area contributed by atoms with E-state index < -0.39 is 0 Å². The maximum Gasteiger partial charge on any atom is 0.341 e. The number of thiophene rings is 1. The molecule has 1 N–H and O–H groups in total. The van der Waals surface area contributed by atoms with Gasteiger partial charge in [-0.15, -0.1) is 11.3 Å². The van der Waals surface area contributed by atoms with Crippen molar-refractivity contribution in [1.29, 1.82) is 0 Å². The molecule has 1 amide bonds. The smallest absolute Gasteiger partial charge is 0.341 e. The van der Waals surface area contributed by atoms with Crippen molar-refractivity contribution in [2.24, 2.45) is 11.3 Å². The Morgan fingerprint density at radius 3 is 2.65 bits per heavy atom. The molecule has 1 heterocycles. The Labute approximate surface area is 189 Å². The van der Waals surface area contributed by atoms with Gasteiger partial charge in [0.25, 0.3) is 5.91 Å². The number of rotatable bonds is 6. The second kappa shape index (κ2) is 9.43. The summed E-state index contributed by atoms with van der Waals surface area (Å²) in [6.07, 6.45) is 2.78. The fraction of sp³-hybridized carbons (Fsp3) is 0.520. The lowest BCUT2D eigenvalue weighted by Gasteiger charge is -2.33. The standard InChI is InChI=1S/C25H33NO4S/c1-7-29-24(28)22-18-11-10-17(25(4,5)6)13-20(18)31-23(22)26-21(27)14-30-19-12-15(2)8-9-16(19)3/h8-9,12,17H,7,10-11,13-14H2,1-6H3,(H,26,27). The second-order valence-corrected chi connectivity index (χ2v) is 10.4. The van der Waals surface area contributed by atoms with Crippen LogP contribution in [-0.4, -0.2) is 25.1 Å². The van der Waals surface area contributed by atoms with Gasteiger partial charge >= 0.3 is 5.97 Å². The van der Waals surface area contributed by atoms with E-state index in [1.807, 2.05) is 32.0 Å². The number of anilines is 1. The maximum atomic E-state index is 12.7. The van der Waals surface area contributed by atoms with E-state index in [0.717, 1.165) is 36.0 Å². The summed E-state index contributed by atoms with van der Waals surface area (Å²) in [6.45, 7) is 12.7. The van der Waals surface area contributed by atoms with Gasteiger partial charge in [-0.05, 0) is 74.1 Å². The molecule has 2 aromatic rings. The van der Waals surface area contributed by atoms with Crippen molar-refractivity contribution >= 4 is 28.2 Å². The number of hydrogen-bond acceptors (Lipinski definition) is 5. The van der Waals surface area contributed by atoms with E-state index in [4.69, 9.17) is 9.47 Å². The van der Waals surface area contributed by atoms with Gasteiger partial charge in [-0.1, -0.05) is 32.9 Å². The third-order valence-electron chi connectivity index (χ3n) is 5.92. The lowest BCUT2D eigenvalue weighted by molar-refractivity contribution is -0.118. The highest BCUT2D eigenvalue weighted by Crippen LogP contribution is 2.44. The highest BCUT2D eigenvalue weighted by molar-refractivity contribution is 7.17. The summed E-state index contributed by atoms with van der Waals surface area (Å²) in [5.41, 5.74) is 3.81. The van der Waals surface area contributed by atoms with E-state index in [1.165, 1.54) is 16.2 Å². The first-order chi connectivity index (χ1) is 14.6. The summed E-state index contributed by atoms with van der Waals surface area (Å²) >= 11 is 1.50. The van der Waals surface area contributed by atoms with Crippen molar-refractivity contribution in [3.05, 3.63) is 45.3 Å². The van der Waals surface area contributed by atoms with E-state index in [2.05, 4.69) is 26.1 Å². The molecular weight excluding hydrogens is 410 g/mol. The van der Waals surface area contributed by atoms with E-state index in [0.29, 0.717) is 28.8 Å². The molecular formula is C25H33NO4S. The van der Waals surface area contributed by atoms with Gasteiger partial charge in [0.05, 0.1) is 12.2 Å². The number of nitrogens with one attached hydrogen (secondary N) is 1. The van der Waals surface area contributed by atoms with Crippen LogP contribution in [0.25, 0.3) is 0 Å². The first-order valence-electron chi connectivity index (χ1n) is 10.9. The van der Waals surface area contributed by atoms with E-state index in [-0.39, 0.29) is 23.9 Å². The number of ether oxygens (including phenoxy) is 2. The number of hydrogen-bond donors (Lipinski definition) is 1. The van der Waals surface area contributed by atoms with Crippen LogP contribution in [0.4, 0.5) is 5.00 Å². The molecule has 1 aromatic carbocycles. The van der Waals surface area contributed by atoms with Crippen molar-refractivity contribution in [1.82, 2.24) is 0 Å². The molecule has 0 spiro atoms. The third-order valence-corrected chi connectivity index (χ3v) is 7.09. The lowest BCUT2D eigenvalue weighted by Crippen LogP contribution is -2.26. The highest BCUT2D eigenvalue weighted by atomic mass is 32.1. The number of fused-ring (bicyclic) bond motifs is 1. The molecule has 3 rings (SSSR count). The third kappa shape index (κ3) is 5.48. The van der Waals surface area contributed by atoms with Gasteiger partial charge in [0, 0.05) is 4.88 Å². The zero-order valence-electron chi connectivity index (χ0n) is 19.4. The van der Waals surface area contributed by atoms with Crippen LogP contribution in [0, 0.1) is 25.2 Å². The minimum atomic E-state index is -0.361. The van der Waals surface area contributed by atoms with Gasteiger partial charge < -0.3 is 14.8 Å². The van der Waals surface area contributed by atoms with Gasteiger partial charge in [0.2, 0.25) is 0 Å². The Hall–Kier alpha value is -2.34. The number of aryl methyl sites for hydroxylation is 2. The average molecular weight is 444 g/mol. The molecule has 6 heteroatoms. The van der Waals surface area contributed by atoms with Crippen LogP contribution in [0.15, 0.2) is 18.2 Å². The summed E-state index contributed by atoms with van der Waals surface area (Å²) in [4.78, 5) is 26.6. The largest absolute Gasteiger partial charge is 0.483 e. The average Bonchev–Trinajstić information content (AvgIpc) is 3.05. The first kappa shape index (κ1) is 23.3. The topological polar surface area (TPSA) is 64.6 Å². The molecule has 5 nitrogen and oxygen atoms in total. The molecule has 1 aliphatic carbocycles. The van der Waals surface area contributed by atoms with E-state index >= 15 is 0 Å². The predicted octanol–water partition coefficient (Wildman–Crippen LogP) is 5.71. The number of carbonyl (C=O) groups excluding carboxylic acids is 2. The Morgan fingerprint density at radius 1 is 1.23 bits per heavy atom. The van der Waals surface area contributed by atoms with Crippen LogP contribution in [0.2, 0.25) is 0 Å². The zero-order chi connectivity index (χ0) is 22.8. The quantitative estimate of drug-likeness (QED) is 0.581. The van der Waals surface area contributed by atoms with Crippen LogP contribution in [0.1, 0.15) is 66.0 Å². The summed E-state index contributed by atoms with van der Waals surface area (Å²) in [5.74, 6) is 0.599. The maximum absolute atomic E-state index is 12.7. The summed E-state index contributed by atoms with van der Waals surface area (Å²) < 4.78 is 11.1. The number of benzene rings is 1. The highest BCUT2D eigenvalue weighted by Gasteiger charge is 2.34. The first-order valence-corrected chi connectivity index (χ1v) is 11.7. The van der Waals surface area contributed by atoms with Crippen LogP contribution in [0.5, 0.6) is 5.75 Å². The van der Waals surface area contributed by atoms with Crippen LogP contribution < -0.4 is 10.1 Å². The minimum Gasteiger partial charge on any atom is -0.483 e. The molecule has 0 bridgehead atoms. The SMILES string of the molecule is CCOC(=O)c1c(NC(=O)COc2cc(C)ccc2C)sc2c1CCC(C(C)(C)C)C2. The van der Waals surface area contributed by atoms with Gasteiger partial charge in [0.15, 0.2) is 6.61 Å². The van der Waals surface area contributed by atoms with Gasteiger partial charge in [0.1, 0.15) is 10.8 Å². The Bertz CT molecular complexity index is 971. The molecule has 31 heavy (non-hydrogen) atoms. The van der Waals surface area contributed by atoms with Crippen molar-refractivity contribution in [2.75, 3.05) is 18.5 Å². The molecule has 0 saturated carbocycles. The normalized spacial score (nSPS) is 15.9. The Balaban J connectivity index is 1.79. The van der Waals surface area contributed by atoms with E-state index in [9.17, 15) is 9.59 Å². The summed E-state index contributed by atoms with van der Waals surface area (Å²) in [5, 5.41) is 3.50. The Kier molecular flexibility index (Phi) is 7.10. The number of amides is 1. The van der Waals surface area contributed by atoms with E-state index in [1.54, 1.807) is 6.92 Å². The molecule has 1 unspecified atom stereocenters. The van der Waals surface area contributed by atoms with Crippen LogP contribution in [0.3, 0.4) is 0 Å². The second-order valence-electron chi connectivity index (χ2n) is 9.34. The van der Waals surface area contributed by atoms with Crippen molar-refractivity contribution in [3.8, 4) is 5.75 Å². The van der Waals surface area contributed by atoms with Crippen LogP contribution >= 0.6 is 11.3 Å². The zero-order valence-corrected chi connectivity index (χ0v) is 20.2. The summed E-state index contributed by atoms with van der Waals surface area (Å²) in [7, 11) is 0. The molecule has 0 fully saturated rings. The molecule has 1 atom stereocenters. The number of esters is 1. The molecule has 0 radical (unpaired) electrons.